The number of ether oxygens (including phenoxy) is 1. The van der Waals surface area contributed by atoms with Crippen LogP contribution < -0.4 is 10.6 Å². The molecule has 29 heavy (non-hydrogen) atoms. The zero-order valence-electron chi connectivity index (χ0n) is 19.2. The van der Waals surface area contributed by atoms with Crippen LogP contribution in [0.2, 0.25) is 0 Å². The zero-order valence-corrected chi connectivity index (χ0v) is 19.2. The summed E-state index contributed by atoms with van der Waals surface area (Å²) < 4.78 is 5.47. The van der Waals surface area contributed by atoms with E-state index in [-0.39, 0.29) is 17.5 Å². The lowest BCUT2D eigenvalue weighted by Crippen LogP contribution is -2.52. The molecule has 0 bridgehead atoms. The molecule has 0 aromatic heterocycles. The van der Waals surface area contributed by atoms with E-state index in [4.69, 9.17) is 9.73 Å². The van der Waals surface area contributed by atoms with Gasteiger partial charge in [0.2, 0.25) is 5.91 Å². The fraction of sp³-hybridized carbons (Fsp3) is 0.905. The summed E-state index contributed by atoms with van der Waals surface area (Å²) in [5, 5.41) is 6.81. The summed E-state index contributed by atoms with van der Waals surface area (Å²) in [5.74, 6) is 1.10. The van der Waals surface area contributed by atoms with Crippen LogP contribution in [0.15, 0.2) is 4.99 Å². The number of likely N-dealkylation sites (tertiary alicyclic amines) is 1. The van der Waals surface area contributed by atoms with Gasteiger partial charge in [0.05, 0.1) is 25.8 Å². The monoisotopic (exact) mass is 410 g/mol. The maximum Gasteiger partial charge on any atom is 0.239 e. The molecule has 0 spiro atoms. The zero-order chi connectivity index (χ0) is 21.3. The van der Waals surface area contributed by atoms with Gasteiger partial charge in [-0.3, -0.25) is 19.6 Å². The normalized spacial score (nSPS) is 22.0. The Morgan fingerprint density at radius 3 is 2.59 bits per heavy atom. The van der Waals surface area contributed by atoms with Gasteiger partial charge in [0, 0.05) is 52.4 Å². The molecule has 0 aromatic carbocycles. The number of nitrogens with zero attached hydrogens (tertiary/aromatic N) is 4. The molecule has 2 rings (SSSR count). The fourth-order valence-corrected chi connectivity index (χ4v) is 4.04. The van der Waals surface area contributed by atoms with Crippen molar-refractivity contribution in [3.63, 3.8) is 0 Å². The van der Waals surface area contributed by atoms with E-state index in [1.165, 1.54) is 0 Å². The molecular formula is C21H42N6O2. The van der Waals surface area contributed by atoms with Crippen molar-refractivity contribution in [1.82, 2.24) is 25.3 Å². The molecule has 0 radical (unpaired) electrons. The van der Waals surface area contributed by atoms with Crippen LogP contribution in [0.5, 0.6) is 0 Å². The summed E-state index contributed by atoms with van der Waals surface area (Å²) in [6.07, 6.45) is 3.08. The van der Waals surface area contributed by atoms with Crippen LogP contribution in [0.1, 0.15) is 40.0 Å². The van der Waals surface area contributed by atoms with Crippen LogP contribution in [-0.2, 0) is 9.53 Å². The van der Waals surface area contributed by atoms with Crippen molar-refractivity contribution < 1.29 is 9.53 Å². The highest BCUT2D eigenvalue weighted by Gasteiger charge is 2.31. The smallest absolute Gasteiger partial charge is 0.239 e. The van der Waals surface area contributed by atoms with Gasteiger partial charge in [-0.15, -0.1) is 0 Å². The average molecular weight is 411 g/mol. The molecule has 1 amide bonds. The third-order valence-electron chi connectivity index (χ3n) is 5.84. The standard InChI is InChI=1S/C21H42N6O2/c1-6-22-20(24-17-21(2,3)27-13-15-29-16-14-27)23-10-8-12-26-11-7-9-18(26)19(28)25(4)5/h18H,6-17H2,1-5H3,(H2,22,23,24). The van der Waals surface area contributed by atoms with Crippen LogP contribution in [0, 0.1) is 0 Å². The van der Waals surface area contributed by atoms with Gasteiger partial charge in [0.15, 0.2) is 5.96 Å². The summed E-state index contributed by atoms with van der Waals surface area (Å²) >= 11 is 0. The Bertz CT molecular complexity index is 531. The molecule has 0 saturated carbocycles. The van der Waals surface area contributed by atoms with E-state index < -0.39 is 0 Å². The number of carbonyl (C=O) groups is 1. The lowest BCUT2D eigenvalue weighted by atomic mass is 10.0. The van der Waals surface area contributed by atoms with E-state index in [1.54, 1.807) is 4.90 Å². The summed E-state index contributed by atoms with van der Waals surface area (Å²) in [4.78, 5) is 23.7. The van der Waals surface area contributed by atoms with Gasteiger partial charge in [-0.25, -0.2) is 0 Å². The van der Waals surface area contributed by atoms with Crippen molar-refractivity contribution >= 4 is 11.9 Å². The minimum absolute atomic E-state index is 0.0153. The Morgan fingerprint density at radius 2 is 1.93 bits per heavy atom. The van der Waals surface area contributed by atoms with Crippen molar-refractivity contribution in [3.8, 4) is 0 Å². The van der Waals surface area contributed by atoms with Crippen LogP contribution >= 0.6 is 0 Å². The van der Waals surface area contributed by atoms with E-state index in [1.807, 2.05) is 14.1 Å². The predicted molar refractivity (Wildman–Crippen MR) is 118 cm³/mol. The number of hydrogen-bond donors (Lipinski definition) is 2. The molecule has 0 aliphatic carbocycles. The van der Waals surface area contributed by atoms with Crippen LogP contribution in [0.25, 0.3) is 0 Å². The fourth-order valence-electron chi connectivity index (χ4n) is 4.04. The lowest BCUT2D eigenvalue weighted by Gasteiger charge is -2.39. The number of morpholine rings is 1. The first-order valence-electron chi connectivity index (χ1n) is 11.2. The predicted octanol–water partition coefficient (Wildman–Crippen LogP) is 0.595. The van der Waals surface area contributed by atoms with E-state index in [0.29, 0.717) is 0 Å². The molecule has 1 unspecified atom stereocenters. The highest BCUT2D eigenvalue weighted by molar-refractivity contribution is 5.81. The van der Waals surface area contributed by atoms with E-state index in [0.717, 1.165) is 84.2 Å². The van der Waals surface area contributed by atoms with Crippen molar-refractivity contribution in [2.45, 2.75) is 51.6 Å². The Kier molecular flexibility index (Phi) is 9.65. The molecule has 2 aliphatic heterocycles. The average Bonchev–Trinajstić information content (AvgIpc) is 3.17. The number of aliphatic imine (C=N–C) groups is 1. The first kappa shape index (κ1) is 23.9. The maximum atomic E-state index is 12.3. The van der Waals surface area contributed by atoms with Crippen LogP contribution in [-0.4, -0.2) is 111 Å². The van der Waals surface area contributed by atoms with Gasteiger partial charge in [-0.1, -0.05) is 0 Å². The number of likely N-dealkylation sites (N-methyl/N-ethyl adjacent to an activating group) is 1. The molecule has 2 N–H and O–H groups in total. The molecular weight excluding hydrogens is 368 g/mol. The molecule has 2 aliphatic rings. The molecule has 8 nitrogen and oxygen atoms in total. The van der Waals surface area contributed by atoms with Gasteiger partial charge in [-0.2, -0.15) is 0 Å². The van der Waals surface area contributed by atoms with E-state index in [2.05, 4.69) is 41.2 Å². The van der Waals surface area contributed by atoms with E-state index in [9.17, 15) is 4.79 Å². The van der Waals surface area contributed by atoms with Crippen LogP contribution in [0.3, 0.4) is 0 Å². The lowest BCUT2D eigenvalue weighted by molar-refractivity contribution is -0.133. The number of hydrogen-bond acceptors (Lipinski definition) is 5. The molecule has 2 saturated heterocycles. The second-order valence-electron chi connectivity index (χ2n) is 8.81. The molecule has 2 fully saturated rings. The Labute approximate surface area is 177 Å². The van der Waals surface area contributed by atoms with Gasteiger partial charge >= 0.3 is 0 Å². The third kappa shape index (κ3) is 7.42. The highest BCUT2D eigenvalue weighted by atomic mass is 16.5. The summed E-state index contributed by atoms with van der Waals surface area (Å²) in [6, 6.07) is 0.0567. The Morgan fingerprint density at radius 1 is 1.21 bits per heavy atom. The van der Waals surface area contributed by atoms with Crippen LogP contribution in [0.4, 0.5) is 0 Å². The minimum Gasteiger partial charge on any atom is -0.379 e. The SMILES string of the molecule is CCNC(=NCC(C)(C)N1CCOCC1)NCCCN1CCCC1C(=O)N(C)C. The number of rotatable bonds is 9. The Hall–Kier alpha value is -1.38. The first-order valence-corrected chi connectivity index (χ1v) is 11.2. The molecule has 0 aromatic rings. The highest BCUT2D eigenvalue weighted by Crippen LogP contribution is 2.19. The van der Waals surface area contributed by atoms with Gasteiger partial charge < -0.3 is 20.3 Å². The van der Waals surface area contributed by atoms with Crippen molar-refractivity contribution in [2.75, 3.05) is 73.1 Å². The van der Waals surface area contributed by atoms with Crippen molar-refractivity contribution in [1.29, 1.82) is 0 Å². The number of guanidine groups is 1. The number of amides is 1. The summed E-state index contributed by atoms with van der Waals surface area (Å²) in [6.45, 7) is 14.5. The van der Waals surface area contributed by atoms with Gasteiger partial charge in [-0.05, 0) is 46.6 Å². The Balaban J connectivity index is 1.78. The van der Waals surface area contributed by atoms with Crippen molar-refractivity contribution in [3.05, 3.63) is 0 Å². The molecule has 1 atom stereocenters. The first-order chi connectivity index (χ1) is 13.8. The van der Waals surface area contributed by atoms with Crippen molar-refractivity contribution in [2.24, 2.45) is 4.99 Å². The summed E-state index contributed by atoms with van der Waals surface area (Å²) in [5.41, 5.74) is 0.0153. The minimum atomic E-state index is 0.0153. The number of nitrogens with one attached hydrogen (secondary N) is 2. The molecule has 2 heterocycles. The number of carbonyl (C=O) groups excluding carboxylic acids is 1. The second kappa shape index (κ2) is 11.7. The third-order valence-corrected chi connectivity index (χ3v) is 5.84. The molecule has 168 valence electrons. The van der Waals surface area contributed by atoms with Gasteiger partial charge in [0.1, 0.15) is 0 Å². The largest absolute Gasteiger partial charge is 0.379 e. The maximum absolute atomic E-state index is 12.3. The topological polar surface area (TPSA) is 72.4 Å². The quantitative estimate of drug-likeness (QED) is 0.329. The van der Waals surface area contributed by atoms with Gasteiger partial charge in [0.25, 0.3) is 0 Å². The molecule has 8 heteroatoms. The second-order valence-corrected chi connectivity index (χ2v) is 8.81. The summed E-state index contributed by atoms with van der Waals surface area (Å²) in [7, 11) is 3.69. The van der Waals surface area contributed by atoms with E-state index >= 15 is 0 Å².